The van der Waals surface area contributed by atoms with E-state index in [4.69, 9.17) is 26.6 Å². The second-order valence-electron chi connectivity index (χ2n) is 6.76. The summed E-state index contributed by atoms with van der Waals surface area (Å²) in [6.07, 6.45) is 1.82. The minimum atomic E-state index is -0.575. The van der Waals surface area contributed by atoms with Crippen molar-refractivity contribution >= 4 is 40.8 Å². The van der Waals surface area contributed by atoms with Crippen LogP contribution in [0.3, 0.4) is 0 Å². The number of benzene rings is 2. The third kappa shape index (κ3) is 4.78. The van der Waals surface area contributed by atoms with Gasteiger partial charge in [0, 0.05) is 11.3 Å². The number of carbonyl (C=O) groups excluding carboxylic acids is 1. The van der Waals surface area contributed by atoms with Crippen LogP contribution in [-0.2, 0) is 11.3 Å². The lowest BCUT2D eigenvalue weighted by Gasteiger charge is -2.07. The zero-order chi connectivity index (χ0) is 23.5. The maximum Gasteiger partial charge on any atom is 0.264 e. The predicted octanol–water partition coefficient (Wildman–Crippen LogP) is 4.34. The molecule has 0 saturated carbocycles. The fourth-order valence-electron chi connectivity index (χ4n) is 3.01. The van der Waals surface area contributed by atoms with Gasteiger partial charge in [0.1, 0.15) is 34.5 Å². The molecule has 2 heterocycles. The Hall–Kier alpha value is -3.57. The highest BCUT2D eigenvalue weighted by Gasteiger charge is 2.24. The molecule has 170 valence electrons. The van der Waals surface area contributed by atoms with Gasteiger partial charge in [0.05, 0.1) is 12.1 Å². The van der Waals surface area contributed by atoms with Crippen molar-refractivity contribution in [2.24, 2.45) is 0 Å². The second kappa shape index (κ2) is 9.51. The maximum atomic E-state index is 13.3. The summed E-state index contributed by atoms with van der Waals surface area (Å²) >= 11 is 7.08. The van der Waals surface area contributed by atoms with E-state index in [1.807, 2.05) is 18.4 Å². The van der Waals surface area contributed by atoms with E-state index in [0.29, 0.717) is 27.9 Å². The van der Waals surface area contributed by atoms with Gasteiger partial charge >= 0.3 is 0 Å². The molecule has 0 atom stereocenters. The normalized spacial score (nSPS) is 10.9. The zero-order valence-corrected chi connectivity index (χ0v) is 19.1. The number of ether oxygens (including phenoxy) is 1. The number of aromatic nitrogens is 4. The molecule has 1 amide bonds. The summed E-state index contributed by atoms with van der Waals surface area (Å²) in [5, 5.41) is 11.5. The van der Waals surface area contributed by atoms with Crippen LogP contribution in [0.5, 0.6) is 5.75 Å². The highest BCUT2D eigenvalue weighted by molar-refractivity contribution is 7.98. The molecule has 2 aromatic heterocycles. The van der Waals surface area contributed by atoms with Crippen molar-refractivity contribution in [3.8, 4) is 28.6 Å². The molecule has 0 fully saturated rings. The number of nitrogens with one attached hydrogen (secondary N) is 1. The largest absolute Gasteiger partial charge is 0.497 e. The average Bonchev–Trinajstić information content (AvgIpc) is 3.41. The van der Waals surface area contributed by atoms with Crippen LogP contribution in [0.2, 0.25) is 5.02 Å². The highest BCUT2D eigenvalue weighted by atomic mass is 35.5. The van der Waals surface area contributed by atoms with Crippen molar-refractivity contribution in [3.63, 3.8) is 0 Å². The summed E-state index contributed by atoms with van der Waals surface area (Å²) < 4.78 is 25.2. The molecule has 0 saturated heterocycles. The monoisotopic (exact) mass is 488 g/mol. The molecule has 4 rings (SSSR count). The summed E-state index contributed by atoms with van der Waals surface area (Å²) in [7, 11) is 1.58. The molecule has 0 bridgehead atoms. The van der Waals surface area contributed by atoms with Gasteiger partial charge in [-0.25, -0.2) is 9.07 Å². The third-order valence-electron chi connectivity index (χ3n) is 4.64. The fourth-order valence-corrected chi connectivity index (χ4v) is 3.77. The van der Waals surface area contributed by atoms with E-state index < -0.39 is 11.7 Å². The first kappa shape index (κ1) is 22.6. The molecular formula is C21H18ClFN6O3S. The number of halogens is 2. The molecule has 2 aromatic carbocycles. The summed E-state index contributed by atoms with van der Waals surface area (Å²) in [4.78, 5) is 16.9. The molecule has 0 radical (unpaired) electrons. The molecule has 0 aliphatic carbocycles. The van der Waals surface area contributed by atoms with Gasteiger partial charge in [0.2, 0.25) is 11.7 Å². The van der Waals surface area contributed by atoms with Gasteiger partial charge < -0.3 is 20.3 Å². The molecule has 0 spiro atoms. The minimum Gasteiger partial charge on any atom is -0.497 e. The number of methoxy groups -OCH3 is 1. The van der Waals surface area contributed by atoms with Crippen molar-refractivity contribution in [1.82, 2.24) is 19.9 Å². The van der Waals surface area contributed by atoms with E-state index in [9.17, 15) is 9.18 Å². The SMILES string of the molecule is COc1ccc(-c2noc(-c3c(SC)nn(CC(=O)Nc4ccc(F)c(Cl)c4)c3N)n2)cc1. The second-order valence-corrected chi connectivity index (χ2v) is 7.96. The van der Waals surface area contributed by atoms with Crippen molar-refractivity contribution in [2.45, 2.75) is 11.6 Å². The standard InChI is InChI=1S/C21H18ClFN6O3S/c1-31-13-6-3-11(4-7-13)19-26-20(32-28-19)17-18(24)29(27-21(17)33-2)10-16(30)25-12-5-8-15(23)14(22)9-12/h3-9H,10,24H2,1-2H3,(H,25,30). The molecule has 0 aliphatic heterocycles. The first-order valence-electron chi connectivity index (χ1n) is 9.53. The first-order chi connectivity index (χ1) is 15.9. The number of hydrogen-bond acceptors (Lipinski definition) is 8. The molecule has 12 heteroatoms. The van der Waals surface area contributed by atoms with Crippen molar-refractivity contribution in [2.75, 3.05) is 24.4 Å². The van der Waals surface area contributed by atoms with Crippen LogP contribution in [-0.4, -0.2) is 39.2 Å². The molecular weight excluding hydrogens is 471 g/mol. The number of nitrogens with two attached hydrogens (primary N) is 1. The fraction of sp³-hybridized carbons (Fsp3) is 0.143. The van der Waals surface area contributed by atoms with Gasteiger partial charge in [-0.3, -0.25) is 4.79 Å². The molecule has 3 N–H and O–H groups in total. The Labute approximate surface area is 197 Å². The number of nitrogens with zero attached hydrogens (tertiary/aromatic N) is 4. The Morgan fingerprint density at radius 1 is 1.30 bits per heavy atom. The van der Waals surface area contributed by atoms with Gasteiger partial charge in [0.25, 0.3) is 5.89 Å². The van der Waals surface area contributed by atoms with E-state index in [1.54, 1.807) is 19.2 Å². The van der Waals surface area contributed by atoms with E-state index in [1.165, 1.54) is 34.6 Å². The number of carbonyl (C=O) groups is 1. The Morgan fingerprint density at radius 3 is 2.73 bits per heavy atom. The van der Waals surface area contributed by atoms with Crippen molar-refractivity contribution < 1.29 is 18.4 Å². The van der Waals surface area contributed by atoms with Gasteiger partial charge in [-0.05, 0) is 48.7 Å². The molecule has 9 nitrogen and oxygen atoms in total. The molecule has 4 aromatic rings. The van der Waals surface area contributed by atoms with Crippen LogP contribution in [0.15, 0.2) is 52.0 Å². The summed E-state index contributed by atoms with van der Waals surface area (Å²) in [6.45, 7) is -0.187. The molecule has 0 aliphatic rings. The number of thioether (sulfide) groups is 1. The smallest absolute Gasteiger partial charge is 0.264 e. The summed E-state index contributed by atoms with van der Waals surface area (Å²) in [5.41, 5.74) is 7.80. The number of amides is 1. The minimum absolute atomic E-state index is 0.0950. The maximum absolute atomic E-state index is 13.3. The summed E-state index contributed by atoms with van der Waals surface area (Å²) in [6, 6.07) is 11.1. The summed E-state index contributed by atoms with van der Waals surface area (Å²) in [5.74, 6) is 0.456. The van der Waals surface area contributed by atoms with Crippen LogP contribution in [0, 0.1) is 5.82 Å². The Balaban J connectivity index is 1.56. The first-order valence-corrected chi connectivity index (χ1v) is 11.1. The lowest BCUT2D eigenvalue weighted by Crippen LogP contribution is -2.20. The third-order valence-corrected chi connectivity index (χ3v) is 5.60. The quantitative estimate of drug-likeness (QED) is 0.368. The zero-order valence-electron chi connectivity index (χ0n) is 17.5. The number of rotatable bonds is 7. The Kier molecular flexibility index (Phi) is 6.52. The van der Waals surface area contributed by atoms with Crippen molar-refractivity contribution in [3.05, 3.63) is 53.3 Å². The van der Waals surface area contributed by atoms with Gasteiger partial charge in [0.15, 0.2) is 0 Å². The van der Waals surface area contributed by atoms with Gasteiger partial charge in [-0.15, -0.1) is 11.8 Å². The lowest BCUT2D eigenvalue weighted by atomic mass is 10.2. The number of anilines is 2. The molecule has 33 heavy (non-hydrogen) atoms. The van der Waals surface area contributed by atoms with Crippen LogP contribution in [0.4, 0.5) is 15.9 Å². The van der Waals surface area contributed by atoms with E-state index in [2.05, 4.69) is 20.6 Å². The lowest BCUT2D eigenvalue weighted by molar-refractivity contribution is -0.116. The van der Waals surface area contributed by atoms with Crippen LogP contribution in [0.1, 0.15) is 0 Å². The van der Waals surface area contributed by atoms with Gasteiger partial charge in [-0.1, -0.05) is 16.8 Å². The van der Waals surface area contributed by atoms with E-state index in [0.717, 1.165) is 5.56 Å². The van der Waals surface area contributed by atoms with Gasteiger partial charge in [-0.2, -0.15) is 10.1 Å². The van der Waals surface area contributed by atoms with E-state index in [-0.39, 0.29) is 23.3 Å². The Bertz CT molecular complexity index is 1310. The molecule has 0 unspecified atom stereocenters. The van der Waals surface area contributed by atoms with Crippen LogP contribution >= 0.6 is 23.4 Å². The predicted molar refractivity (Wildman–Crippen MR) is 124 cm³/mol. The number of nitrogen functional groups attached to an aromatic ring is 1. The topological polar surface area (TPSA) is 121 Å². The Morgan fingerprint density at radius 2 is 2.06 bits per heavy atom. The number of hydrogen-bond donors (Lipinski definition) is 2. The van der Waals surface area contributed by atoms with Crippen molar-refractivity contribution in [1.29, 1.82) is 0 Å². The highest BCUT2D eigenvalue weighted by Crippen LogP contribution is 2.35. The van der Waals surface area contributed by atoms with Crippen LogP contribution < -0.4 is 15.8 Å². The average molecular weight is 489 g/mol. The van der Waals surface area contributed by atoms with E-state index >= 15 is 0 Å². The van der Waals surface area contributed by atoms with Crippen LogP contribution in [0.25, 0.3) is 22.8 Å².